The molecule has 2 fully saturated rings. The van der Waals surface area contributed by atoms with E-state index in [1.807, 2.05) is 0 Å². The van der Waals surface area contributed by atoms with Crippen molar-refractivity contribution in [3.05, 3.63) is 0 Å². The maximum Gasteiger partial charge on any atom is 0.190 e. The zero-order valence-corrected chi connectivity index (χ0v) is 33.5. The van der Waals surface area contributed by atoms with Crippen LogP contribution in [0.15, 0.2) is 0 Å². The average molecular weight is 735 g/mol. The van der Waals surface area contributed by atoms with E-state index in [9.17, 15) is 30.6 Å². The summed E-state index contributed by atoms with van der Waals surface area (Å²) in [6.45, 7) is 6.98. The molecule has 2 saturated heterocycles. The first kappa shape index (κ1) is 46.7. The van der Waals surface area contributed by atoms with Gasteiger partial charge in [-0.1, -0.05) is 117 Å². The van der Waals surface area contributed by atoms with E-state index in [2.05, 4.69) is 42.0 Å². The smallest absolute Gasteiger partial charge is 0.190 e. The van der Waals surface area contributed by atoms with Crippen molar-refractivity contribution in [2.75, 3.05) is 54.4 Å². The fraction of sp³-hybridized carbons (Fsp3) is 1.00. The van der Waals surface area contributed by atoms with Gasteiger partial charge in [-0.15, -0.1) is 0 Å². The van der Waals surface area contributed by atoms with Gasteiger partial charge < -0.3 is 53.8 Å². The summed E-state index contributed by atoms with van der Waals surface area (Å²) in [4.78, 5) is 0. The van der Waals surface area contributed by atoms with E-state index in [0.717, 1.165) is 38.8 Å². The highest BCUT2D eigenvalue weighted by Crippen LogP contribution is 2.30. The molecule has 2 rings (SSSR count). The number of likely N-dealkylation sites (N-methyl/N-ethyl adjacent to an activating group) is 2. The number of nitrogens with zero attached hydrogens (tertiary/aromatic N) is 2. The van der Waals surface area contributed by atoms with Crippen LogP contribution in [-0.4, -0.2) is 155 Å². The third kappa shape index (κ3) is 17.7. The molecule has 0 aromatic heterocycles. The maximum absolute atomic E-state index is 10.9. The predicted octanol–water partition coefficient (Wildman–Crippen LogP) is 4.61. The van der Waals surface area contributed by atoms with Crippen LogP contribution in [-0.2, 0) is 14.2 Å². The maximum atomic E-state index is 10.9. The largest absolute Gasteiger partial charge is 0.387 e. The lowest BCUT2D eigenvalue weighted by Gasteiger charge is -2.46. The topological polar surface area (TPSA) is 149 Å². The predicted molar refractivity (Wildman–Crippen MR) is 202 cm³/mol. The molecular weight excluding hydrogens is 652 g/mol. The molecule has 2 heterocycles. The Morgan fingerprint density at radius 1 is 0.392 bits per heavy atom. The Labute approximate surface area is 311 Å². The van der Waals surface area contributed by atoms with Crippen LogP contribution < -0.4 is 0 Å². The molecule has 10 atom stereocenters. The van der Waals surface area contributed by atoms with Crippen molar-refractivity contribution in [2.24, 2.45) is 0 Å². The highest BCUT2D eigenvalue weighted by molar-refractivity contribution is 4.92. The molecule has 0 radical (unpaired) electrons. The van der Waals surface area contributed by atoms with Crippen LogP contribution in [0.3, 0.4) is 0 Å². The minimum absolute atomic E-state index is 0.380. The van der Waals surface area contributed by atoms with Crippen LogP contribution in [0, 0.1) is 0 Å². The molecule has 2 aliphatic heterocycles. The van der Waals surface area contributed by atoms with Gasteiger partial charge in [0.15, 0.2) is 12.6 Å². The van der Waals surface area contributed by atoms with Gasteiger partial charge in [-0.05, 0) is 25.7 Å². The summed E-state index contributed by atoms with van der Waals surface area (Å²) >= 11 is 0. The molecule has 11 nitrogen and oxygen atoms in total. The zero-order valence-electron chi connectivity index (χ0n) is 33.5. The second-order valence-corrected chi connectivity index (χ2v) is 17.2. The van der Waals surface area contributed by atoms with Crippen molar-refractivity contribution in [2.45, 2.75) is 204 Å². The number of hydrogen-bond donors (Lipinski definition) is 6. The van der Waals surface area contributed by atoms with E-state index in [4.69, 9.17) is 14.2 Å². The van der Waals surface area contributed by atoms with Gasteiger partial charge >= 0.3 is 0 Å². The van der Waals surface area contributed by atoms with Gasteiger partial charge in [0.05, 0.1) is 41.3 Å². The first-order chi connectivity index (χ1) is 24.2. The number of unbranched alkanes of at least 4 members (excludes halogenated alkanes) is 18. The quantitative estimate of drug-likeness (QED) is 0.0501. The summed E-state index contributed by atoms with van der Waals surface area (Å²) in [7, 11) is 8.23. The second kappa shape index (κ2) is 24.9. The van der Waals surface area contributed by atoms with Crippen LogP contribution in [0.2, 0.25) is 0 Å². The summed E-state index contributed by atoms with van der Waals surface area (Å²) < 4.78 is 19.1. The molecule has 0 aromatic rings. The molecule has 0 aromatic carbocycles. The third-order valence-corrected chi connectivity index (χ3v) is 11.2. The summed E-state index contributed by atoms with van der Waals surface area (Å²) in [5.74, 6) is 0. The van der Waals surface area contributed by atoms with Gasteiger partial charge in [0.1, 0.15) is 61.9 Å². The number of ether oxygens (including phenoxy) is 3. The standard InChI is InChI=1S/C40H82N2O9/c1-7-9-11-13-15-17-19-21-23-25-27-41(3,4)29-31-33(43)35(45)37(47)39(49-31)51-40-38(48)36(46)34(44)32(50-40)30-42(5,6)28-26-24-22-20-18-16-14-12-10-8-2/h31-40,43-48H,7-30H2,1-6H3/q+2/t31-,32-,33-,34-,35+,36+,37-,38-,39-,40-/m1/s1. The molecular formula is C40H82N2O9+2. The second-order valence-electron chi connectivity index (χ2n) is 17.2. The minimum Gasteiger partial charge on any atom is -0.387 e. The number of aliphatic hydroxyl groups is 6. The molecule has 0 amide bonds. The minimum atomic E-state index is -1.60. The van der Waals surface area contributed by atoms with E-state index in [-0.39, 0.29) is 0 Å². The number of rotatable bonds is 28. The van der Waals surface area contributed by atoms with Crippen molar-refractivity contribution in [1.29, 1.82) is 0 Å². The van der Waals surface area contributed by atoms with E-state index >= 15 is 0 Å². The average Bonchev–Trinajstić information content (AvgIpc) is 3.08. The molecule has 0 bridgehead atoms. The molecule has 11 heteroatoms. The van der Waals surface area contributed by atoms with Gasteiger partial charge in [-0.3, -0.25) is 0 Å². The fourth-order valence-electron chi connectivity index (χ4n) is 7.70. The molecule has 2 aliphatic rings. The Hall–Kier alpha value is -0.440. The summed E-state index contributed by atoms with van der Waals surface area (Å²) in [5, 5.41) is 64.9. The first-order valence-electron chi connectivity index (χ1n) is 20.9. The highest BCUT2D eigenvalue weighted by atomic mass is 16.8. The normalized spacial score (nSPS) is 30.6. The van der Waals surface area contributed by atoms with Gasteiger partial charge in [-0.2, -0.15) is 0 Å². The molecule has 6 N–H and O–H groups in total. The Balaban J connectivity index is 1.85. The molecule has 0 spiro atoms. The van der Waals surface area contributed by atoms with Crippen molar-refractivity contribution < 1.29 is 53.8 Å². The monoisotopic (exact) mass is 735 g/mol. The molecule has 51 heavy (non-hydrogen) atoms. The Bertz CT molecular complexity index is 813. The van der Waals surface area contributed by atoms with E-state index in [1.165, 1.54) is 103 Å². The lowest BCUT2D eigenvalue weighted by molar-refractivity contribution is -0.895. The van der Waals surface area contributed by atoms with Crippen molar-refractivity contribution >= 4 is 0 Å². The zero-order chi connectivity index (χ0) is 37.9. The van der Waals surface area contributed by atoms with Crippen LogP contribution in [0.5, 0.6) is 0 Å². The lowest BCUT2D eigenvalue weighted by atomic mass is 9.96. The molecule has 304 valence electrons. The fourth-order valence-corrected chi connectivity index (χ4v) is 7.70. The van der Waals surface area contributed by atoms with Gasteiger partial charge in [0.25, 0.3) is 0 Å². The van der Waals surface area contributed by atoms with E-state index < -0.39 is 61.4 Å². The first-order valence-corrected chi connectivity index (χ1v) is 20.9. The molecule has 0 saturated carbocycles. The van der Waals surface area contributed by atoms with E-state index in [0.29, 0.717) is 22.1 Å². The van der Waals surface area contributed by atoms with Crippen LogP contribution in [0.25, 0.3) is 0 Å². The van der Waals surface area contributed by atoms with Crippen molar-refractivity contribution in [3.8, 4) is 0 Å². The van der Waals surface area contributed by atoms with Crippen LogP contribution >= 0.6 is 0 Å². The van der Waals surface area contributed by atoms with Crippen LogP contribution in [0.4, 0.5) is 0 Å². The SMILES string of the molecule is CCCCCCCCCCCC[N+](C)(C)C[C@H]1O[C@H](O[C@H]2O[C@H](C[N+](C)(C)CCCCCCCCCCCC)[C@@H](O)[C@H](O)[C@H]2O)[C@H](O)[C@@H](O)[C@@H]1O. The van der Waals surface area contributed by atoms with Gasteiger partial charge in [0, 0.05) is 0 Å². The molecule has 0 unspecified atom stereocenters. The van der Waals surface area contributed by atoms with Crippen molar-refractivity contribution in [3.63, 3.8) is 0 Å². The number of hydrogen-bond acceptors (Lipinski definition) is 9. The van der Waals surface area contributed by atoms with Crippen LogP contribution in [0.1, 0.15) is 142 Å². The molecule has 0 aliphatic carbocycles. The van der Waals surface area contributed by atoms with Gasteiger partial charge in [-0.25, -0.2) is 0 Å². The van der Waals surface area contributed by atoms with Gasteiger partial charge in [0.2, 0.25) is 0 Å². The Morgan fingerprint density at radius 2 is 0.667 bits per heavy atom. The highest BCUT2D eigenvalue weighted by Gasteiger charge is 2.51. The van der Waals surface area contributed by atoms with E-state index in [1.54, 1.807) is 0 Å². The third-order valence-electron chi connectivity index (χ3n) is 11.2. The summed E-state index contributed by atoms with van der Waals surface area (Å²) in [6, 6.07) is 0. The summed E-state index contributed by atoms with van der Waals surface area (Å²) in [6.07, 6.45) is 11.6. The Kier molecular flexibility index (Phi) is 22.8. The summed E-state index contributed by atoms with van der Waals surface area (Å²) in [5.41, 5.74) is 0. The van der Waals surface area contributed by atoms with Crippen molar-refractivity contribution in [1.82, 2.24) is 0 Å². The lowest BCUT2D eigenvalue weighted by Crippen LogP contribution is -2.66. The number of aliphatic hydroxyl groups excluding tert-OH is 6. The Morgan fingerprint density at radius 3 is 0.961 bits per heavy atom. The number of quaternary nitrogens is 2.